The number of fused-ring (bicyclic) bond motifs is 1. The number of aryl methyl sites for hydroxylation is 1. The van der Waals surface area contributed by atoms with Gasteiger partial charge in [0.1, 0.15) is 12.1 Å². The smallest absolute Gasteiger partial charge is 0.254 e. The van der Waals surface area contributed by atoms with Crippen LogP contribution in [-0.2, 0) is 12.8 Å². The Labute approximate surface area is 133 Å². The Balaban J connectivity index is 1.83. The van der Waals surface area contributed by atoms with Crippen molar-refractivity contribution < 1.29 is 0 Å². The third-order valence-corrected chi connectivity index (χ3v) is 4.27. The van der Waals surface area contributed by atoms with E-state index in [4.69, 9.17) is 5.73 Å². The number of anilines is 1. The van der Waals surface area contributed by atoms with Crippen LogP contribution in [0.3, 0.4) is 0 Å². The van der Waals surface area contributed by atoms with Gasteiger partial charge in [0.05, 0.1) is 5.69 Å². The minimum Gasteiger partial charge on any atom is -0.383 e. The van der Waals surface area contributed by atoms with Gasteiger partial charge in [0.2, 0.25) is 0 Å². The van der Waals surface area contributed by atoms with Crippen LogP contribution < -0.4 is 5.73 Å². The van der Waals surface area contributed by atoms with E-state index >= 15 is 0 Å². The molecule has 2 aromatic heterocycles. The molecule has 122 valence electrons. The zero-order chi connectivity index (χ0) is 15.8. The van der Waals surface area contributed by atoms with Gasteiger partial charge in [0.15, 0.2) is 0 Å². The molecule has 0 aliphatic heterocycles. The summed E-state index contributed by atoms with van der Waals surface area (Å²) in [5.41, 5.74) is 8.42. The summed E-state index contributed by atoms with van der Waals surface area (Å²) < 4.78 is 1.63. The zero-order valence-corrected chi connectivity index (χ0v) is 14.0. The monoisotopic (exact) mass is 303 g/mol. The van der Waals surface area contributed by atoms with E-state index in [-0.39, 0.29) is 0 Å². The Bertz CT molecular complexity index is 576. The molecule has 5 heteroatoms. The molecule has 2 N–H and O–H groups in total. The van der Waals surface area contributed by atoms with Crippen LogP contribution in [0.4, 0.5) is 5.82 Å². The van der Waals surface area contributed by atoms with Crippen LogP contribution in [-0.4, -0.2) is 19.6 Å². The first-order chi connectivity index (χ1) is 10.8. The number of nitrogen functional groups attached to an aromatic ring is 1. The molecule has 0 saturated carbocycles. The molecule has 0 atom stereocenters. The van der Waals surface area contributed by atoms with Crippen molar-refractivity contribution >= 4 is 11.6 Å². The number of aromatic nitrogens is 4. The Morgan fingerprint density at radius 1 is 1.00 bits per heavy atom. The second-order valence-electron chi connectivity index (χ2n) is 5.97. The largest absolute Gasteiger partial charge is 0.383 e. The molecule has 22 heavy (non-hydrogen) atoms. The molecule has 0 aliphatic rings. The molecule has 0 fully saturated rings. The Hall–Kier alpha value is -1.65. The molecule has 2 rings (SSSR count). The topological polar surface area (TPSA) is 69.1 Å². The number of nitrogens with two attached hydrogens (primary N) is 1. The predicted octanol–water partition coefficient (Wildman–Crippen LogP) is 3.95. The first kappa shape index (κ1) is 16.7. The molecule has 2 aromatic rings. The second kappa shape index (κ2) is 8.71. The molecule has 0 saturated heterocycles. The molecular formula is C17H29N5. The maximum Gasteiger partial charge on any atom is 0.254 e. The van der Waals surface area contributed by atoms with Crippen molar-refractivity contribution in [3.8, 4) is 0 Å². The fraction of sp³-hybridized carbons (Fsp3) is 0.706. The summed E-state index contributed by atoms with van der Waals surface area (Å²) >= 11 is 0. The third-order valence-electron chi connectivity index (χ3n) is 4.27. The molecule has 0 amide bonds. The summed E-state index contributed by atoms with van der Waals surface area (Å²) in [5.74, 6) is 1.31. The van der Waals surface area contributed by atoms with Gasteiger partial charge >= 0.3 is 0 Å². The molecule has 0 spiro atoms. The maximum atomic E-state index is 6.19. The first-order valence-electron chi connectivity index (χ1n) is 8.74. The average molecular weight is 303 g/mol. The Morgan fingerprint density at radius 3 is 2.36 bits per heavy atom. The maximum absolute atomic E-state index is 6.19. The molecule has 0 bridgehead atoms. The van der Waals surface area contributed by atoms with Crippen LogP contribution in [0.2, 0.25) is 0 Å². The number of hydrogen-bond acceptors (Lipinski definition) is 4. The van der Waals surface area contributed by atoms with Crippen molar-refractivity contribution in [3.05, 3.63) is 17.6 Å². The van der Waals surface area contributed by atoms with E-state index in [1.54, 1.807) is 4.52 Å². The molecule has 0 unspecified atom stereocenters. The third kappa shape index (κ3) is 4.18. The van der Waals surface area contributed by atoms with E-state index in [9.17, 15) is 0 Å². The number of rotatable bonds is 10. The summed E-state index contributed by atoms with van der Waals surface area (Å²) in [4.78, 5) is 8.80. The Morgan fingerprint density at radius 2 is 1.68 bits per heavy atom. The summed E-state index contributed by atoms with van der Waals surface area (Å²) in [7, 11) is 0. The summed E-state index contributed by atoms with van der Waals surface area (Å²) in [6.07, 6.45) is 14.0. The quantitative estimate of drug-likeness (QED) is 0.675. The van der Waals surface area contributed by atoms with Crippen LogP contribution in [0.5, 0.6) is 0 Å². The van der Waals surface area contributed by atoms with E-state index in [2.05, 4.69) is 28.9 Å². The van der Waals surface area contributed by atoms with Crippen molar-refractivity contribution in [1.29, 1.82) is 0 Å². The van der Waals surface area contributed by atoms with Gasteiger partial charge in [-0.2, -0.15) is 14.6 Å². The van der Waals surface area contributed by atoms with Gasteiger partial charge in [0.25, 0.3) is 5.78 Å². The normalized spacial score (nSPS) is 11.4. The highest BCUT2D eigenvalue weighted by molar-refractivity contribution is 5.49. The van der Waals surface area contributed by atoms with Crippen molar-refractivity contribution in [2.24, 2.45) is 0 Å². The highest BCUT2D eigenvalue weighted by atomic mass is 15.3. The summed E-state index contributed by atoms with van der Waals surface area (Å²) in [6, 6.07) is 0. The van der Waals surface area contributed by atoms with Gasteiger partial charge in [-0.25, -0.2) is 4.98 Å². The van der Waals surface area contributed by atoms with Crippen molar-refractivity contribution in [3.63, 3.8) is 0 Å². The SMILES string of the molecule is CCCCCCCCCCc1nc2ncnn2c(N)c1CC. The predicted molar refractivity (Wildman–Crippen MR) is 90.9 cm³/mol. The molecular weight excluding hydrogens is 274 g/mol. The second-order valence-corrected chi connectivity index (χ2v) is 5.97. The van der Waals surface area contributed by atoms with Crippen LogP contribution >= 0.6 is 0 Å². The van der Waals surface area contributed by atoms with Gasteiger partial charge in [-0.1, -0.05) is 58.8 Å². The van der Waals surface area contributed by atoms with E-state index < -0.39 is 0 Å². The van der Waals surface area contributed by atoms with E-state index in [0.717, 1.165) is 24.1 Å². The fourth-order valence-corrected chi connectivity index (χ4v) is 2.96. The van der Waals surface area contributed by atoms with E-state index in [1.807, 2.05) is 0 Å². The highest BCUT2D eigenvalue weighted by Gasteiger charge is 2.12. The lowest BCUT2D eigenvalue weighted by Gasteiger charge is -2.10. The molecule has 0 aromatic carbocycles. The fourth-order valence-electron chi connectivity index (χ4n) is 2.96. The van der Waals surface area contributed by atoms with Crippen LogP contribution in [0.25, 0.3) is 5.78 Å². The highest BCUT2D eigenvalue weighted by Crippen LogP contribution is 2.19. The summed E-state index contributed by atoms with van der Waals surface area (Å²) in [6.45, 7) is 4.38. The van der Waals surface area contributed by atoms with Crippen molar-refractivity contribution in [2.45, 2.75) is 78.1 Å². The lowest BCUT2D eigenvalue weighted by molar-refractivity contribution is 0.573. The molecule has 2 heterocycles. The van der Waals surface area contributed by atoms with E-state index in [0.29, 0.717) is 11.6 Å². The number of hydrogen-bond donors (Lipinski definition) is 1. The van der Waals surface area contributed by atoms with Gasteiger partial charge in [0, 0.05) is 5.56 Å². The summed E-state index contributed by atoms with van der Waals surface area (Å²) in [5, 5.41) is 4.13. The van der Waals surface area contributed by atoms with Crippen molar-refractivity contribution in [1.82, 2.24) is 19.6 Å². The van der Waals surface area contributed by atoms with Gasteiger partial charge in [-0.05, 0) is 19.3 Å². The van der Waals surface area contributed by atoms with Crippen LogP contribution in [0.15, 0.2) is 6.33 Å². The van der Waals surface area contributed by atoms with Crippen LogP contribution in [0, 0.1) is 0 Å². The minimum atomic E-state index is 0.615. The van der Waals surface area contributed by atoms with Gasteiger partial charge in [-0.15, -0.1) is 0 Å². The lowest BCUT2D eigenvalue weighted by Crippen LogP contribution is -2.09. The van der Waals surface area contributed by atoms with Gasteiger partial charge in [-0.3, -0.25) is 0 Å². The first-order valence-corrected chi connectivity index (χ1v) is 8.74. The average Bonchev–Trinajstić information content (AvgIpc) is 2.99. The van der Waals surface area contributed by atoms with Crippen LogP contribution in [0.1, 0.15) is 76.5 Å². The molecule has 0 radical (unpaired) electrons. The molecule has 5 nitrogen and oxygen atoms in total. The van der Waals surface area contributed by atoms with Crippen molar-refractivity contribution in [2.75, 3.05) is 5.73 Å². The van der Waals surface area contributed by atoms with E-state index in [1.165, 1.54) is 57.7 Å². The Kier molecular flexibility index (Phi) is 6.62. The van der Waals surface area contributed by atoms with Gasteiger partial charge < -0.3 is 5.73 Å². The molecule has 0 aliphatic carbocycles. The number of nitrogens with zero attached hydrogens (tertiary/aromatic N) is 4. The standard InChI is InChI=1S/C17H29N5/c1-3-5-6-7-8-9-10-11-12-15-14(4-2)16(18)22-17(21-15)19-13-20-22/h13H,3-12,18H2,1-2H3. The number of unbranched alkanes of at least 4 members (excludes halogenated alkanes) is 7. The minimum absolute atomic E-state index is 0.615. The lowest BCUT2D eigenvalue weighted by atomic mass is 10.0. The zero-order valence-electron chi connectivity index (χ0n) is 14.0.